The van der Waals surface area contributed by atoms with Gasteiger partial charge in [0.05, 0.1) is 13.0 Å². The molecule has 5 nitrogen and oxygen atoms in total. The summed E-state index contributed by atoms with van der Waals surface area (Å²) in [6, 6.07) is 7.93. The molecule has 0 unspecified atom stereocenters. The smallest absolute Gasteiger partial charge is 0.229 e. The van der Waals surface area contributed by atoms with Crippen molar-refractivity contribution in [1.82, 2.24) is 15.1 Å². The minimum atomic E-state index is 0.00944. The van der Waals surface area contributed by atoms with Gasteiger partial charge in [-0.2, -0.15) is 4.98 Å². The van der Waals surface area contributed by atoms with Gasteiger partial charge in [0.2, 0.25) is 11.7 Å². The fourth-order valence-corrected chi connectivity index (χ4v) is 1.82. The van der Waals surface area contributed by atoms with Crippen LogP contribution in [0, 0.1) is 0 Å². The zero-order valence-electron chi connectivity index (χ0n) is 9.05. The van der Waals surface area contributed by atoms with Crippen molar-refractivity contribution in [2.45, 2.75) is 6.42 Å². The summed E-state index contributed by atoms with van der Waals surface area (Å²) < 4.78 is 5.04. The molecule has 17 heavy (non-hydrogen) atoms. The number of aromatic amines is 1. The Morgan fingerprint density at radius 2 is 2.18 bits per heavy atom. The molecule has 0 atom stereocenters. The third kappa shape index (κ3) is 1.70. The van der Waals surface area contributed by atoms with E-state index in [4.69, 9.17) is 9.63 Å². The molecule has 0 fully saturated rings. The van der Waals surface area contributed by atoms with Crippen LogP contribution in [0.15, 0.2) is 35.0 Å². The maximum Gasteiger partial charge on any atom is 0.229 e. The highest BCUT2D eigenvalue weighted by Crippen LogP contribution is 2.26. The van der Waals surface area contributed by atoms with Gasteiger partial charge in [0.15, 0.2) is 0 Å². The topological polar surface area (TPSA) is 74.9 Å². The third-order valence-corrected chi connectivity index (χ3v) is 2.62. The van der Waals surface area contributed by atoms with E-state index in [1.807, 2.05) is 30.5 Å². The van der Waals surface area contributed by atoms with Crippen molar-refractivity contribution in [3.8, 4) is 11.4 Å². The summed E-state index contributed by atoms with van der Waals surface area (Å²) in [6.07, 6.45) is 2.24. The first kappa shape index (κ1) is 10.0. The molecule has 0 radical (unpaired) electrons. The lowest BCUT2D eigenvalue weighted by molar-refractivity contribution is 0.274. The van der Waals surface area contributed by atoms with Crippen LogP contribution in [-0.4, -0.2) is 26.8 Å². The molecule has 1 aromatic carbocycles. The zero-order valence-corrected chi connectivity index (χ0v) is 9.05. The van der Waals surface area contributed by atoms with E-state index >= 15 is 0 Å². The minimum Gasteiger partial charge on any atom is -0.396 e. The molecular formula is C12H11N3O2. The molecular weight excluding hydrogens is 218 g/mol. The van der Waals surface area contributed by atoms with E-state index in [1.54, 1.807) is 0 Å². The molecule has 2 aromatic heterocycles. The molecule has 0 aliphatic rings. The van der Waals surface area contributed by atoms with Crippen LogP contribution in [0.25, 0.3) is 22.3 Å². The second-order valence-electron chi connectivity index (χ2n) is 3.73. The van der Waals surface area contributed by atoms with Gasteiger partial charge in [0.25, 0.3) is 0 Å². The van der Waals surface area contributed by atoms with E-state index in [1.165, 1.54) is 0 Å². The van der Waals surface area contributed by atoms with Gasteiger partial charge in [-0.15, -0.1) is 0 Å². The van der Waals surface area contributed by atoms with E-state index in [0.29, 0.717) is 18.1 Å². The number of aliphatic hydroxyl groups is 1. The Hall–Kier alpha value is -2.14. The van der Waals surface area contributed by atoms with Gasteiger partial charge in [-0.3, -0.25) is 0 Å². The number of para-hydroxylation sites is 1. The molecule has 2 N–H and O–H groups in total. The predicted octanol–water partition coefficient (Wildman–Crippen LogP) is 1.75. The lowest BCUT2D eigenvalue weighted by atomic mass is 10.2. The Kier molecular flexibility index (Phi) is 2.38. The first-order valence-electron chi connectivity index (χ1n) is 5.38. The average Bonchev–Trinajstić information content (AvgIpc) is 2.95. The molecule has 0 amide bonds. The molecule has 0 saturated heterocycles. The fraction of sp³-hybridized carbons (Fsp3) is 0.167. The van der Waals surface area contributed by atoms with E-state index in [0.717, 1.165) is 16.5 Å². The normalized spacial score (nSPS) is 11.1. The van der Waals surface area contributed by atoms with Gasteiger partial charge in [-0.05, 0) is 6.07 Å². The molecule has 0 aliphatic heterocycles. The monoisotopic (exact) mass is 229 g/mol. The summed E-state index contributed by atoms with van der Waals surface area (Å²) in [7, 11) is 0. The average molecular weight is 229 g/mol. The van der Waals surface area contributed by atoms with Crippen LogP contribution in [0.2, 0.25) is 0 Å². The lowest BCUT2D eigenvalue weighted by Crippen LogP contribution is -1.89. The summed E-state index contributed by atoms with van der Waals surface area (Å²) in [5, 5.41) is 13.8. The number of H-pyrrole nitrogens is 1. The Labute approximate surface area is 97.1 Å². The number of hydrogen-bond acceptors (Lipinski definition) is 4. The van der Waals surface area contributed by atoms with Crippen LogP contribution >= 0.6 is 0 Å². The number of fused-ring (bicyclic) bond motifs is 1. The van der Waals surface area contributed by atoms with Crippen molar-refractivity contribution >= 4 is 10.9 Å². The van der Waals surface area contributed by atoms with E-state index in [-0.39, 0.29) is 6.61 Å². The van der Waals surface area contributed by atoms with E-state index < -0.39 is 0 Å². The Morgan fingerprint density at radius 1 is 1.29 bits per heavy atom. The van der Waals surface area contributed by atoms with Crippen LogP contribution in [0.5, 0.6) is 0 Å². The highest BCUT2D eigenvalue weighted by atomic mass is 16.5. The van der Waals surface area contributed by atoms with Crippen LogP contribution in [-0.2, 0) is 6.42 Å². The van der Waals surface area contributed by atoms with Crippen molar-refractivity contribution in [3.05, 3.63) is 36.4 Å². The van der Waals surface area contributed by atoms with Crippen LogP contribution in [0.3, 0.4) is 0 Å². The standard InChI is InChI=1S/C12H11N3O2/c16-6-5-11-14-12(15-17-11)9-7-13-10-4-2-1-3-8(9)10/h1-4,7,13,16H,5-6H2. The first-order chi connectivity index (χ1) is 8.38. The second kappa shape index (κ2) is 4.03. The molecule has 86 valence electrons. The maximum atomic E-state index is 8.80. The fourth-order valence-electron chi connectivity index (χ4n) is 1.82. The minimum absolute atomic E-state index is 0.00944. The quantitative estimate of drug-likeness (QED) is 0.717. The second-order valence-corrected chi connectivity index (χ2v) is 3.73. The summed E-state index contributed by atoms with van der Waals surface area (Å²) in [6.45, 7) is 0.00944. The van der Waals surface area contributed by atoms with Crippen molar-refractivity contribution < 1.29 is 9.63 Å². The molecule has 3 aromatic rings. The first-order valence-corrected chi connectivity index (χ1v) is 5.38. The van der Waals surface area contributed by atoms with Crippen LogP contribution < -0.4 is 0 Å². The molecule has 3 rings (SSSR count). The summed E-state index contributed by atoms with van der Waals surface area (Å²) in [5.74, 6) is 0.999. The summed E-state index contributed by atoms with van der Waals surface area (Å²) >= 11 is 0. The number of benzene rings is 1. The van der Waals surface area contributed by atoms with E-state index in [2.05, 4.69) is 15.1 Å². The lowest BCUT2D eigenvalue weighted by Gasteiger charge is -1.90. The summed E-state index contributed by atoms with van der Waals surface area (Å²) in [4.78, 5) is 7.39. The van der Waals surface area contributed by atoms with Gasteiger partial charge < -0.3 is 14.6 Å². The number of nitrogens with zero attached hydrogens (tertiary/aromatic N) is 2. The molecule has 5 heteroatoms. The highest BCUT2D eigenvalue weighted by Gasteiger charge is 2.12. The number of hydrogen-bond donors (Lipinski definition) is 2. The Bertz CT molecular complexity index is 642. The number of rotatable bonds is 3. The Morgan fingerprint density at radius 3 is 3.06 bits per heavy atom. The SMILES string of the molecule is OCCc1nc(-c2c[nH]c3ccccc23)no1. The van der Waals surface area contributed by atoms with Gasteiger partial charge >= 0.3 is 0 Å². The van der Waals surface area contributed by atoms with Crippen LogP contribution in [0.1, 0.15) is 5.89 Å². The third-order valence-electron chi connectivity index (χ3n) is 2.62. The number of nitrogens with one attached hydrogen (secondary N) is 1. The van der Waals surface area contributed by atoms with Crippen molar-refractivity contribution in [2.24, 2.45) is 0 Å². The Balaban J connectivity index is 2.07. The molecule has 0 saturated carbocycles. The maximum absolute atomic E-state index is 8.80. The van der Waals surface area contributed by atoms with Gasteiger partial charge in [-0.1, -0.05) is 23.4 Å². The zero-order chi connectivity index (χ0) is 11.7. The molecule has 0 aliphatic carbocycles. The molecule has 2 heterocycles. The molecule has 0 spiro atoms. The number of aromatic nitrogens is 3. The van der Waals surface area contributed by atoms with Crippen molar-refractivity contribution in [1.29, 1.82) is 0 Å². The van der Waals surface area contributed by atoms with Crippen molar-refractivity contribution in [2.75, 3.05) is 6.61 Å². The van der Waals surface area contributed by atoms with Crippen molar-refractivity contribution in [3.63, 3.8) is 0 Å². The van der Waals surface area contributed by atoms with E-state index in [9.17, 15) is 0 Å². The molecule has 0 bridgehead atoms. The van der Waals surface area contributed by atoms with Gasteiger partial charge in [0.1, 0.15) is 0 Å². The highest BCUT2D eigenvalue weighted by molar-refractivity contribution is 5.93. The predicted molar refractivity (Wildman–Crippen MR) is 62.4 cm³/mol. The van der Waals surface area contributed by atoms with Crippen LogP contribution in [0.4, 0.5) is 0 Å². The van der Waals surface area contributed by atoms with Gasteiger partial charge in [-0.25, -0.2) is 0 Å². The number of aliphatic hydroxyl groups excluding tert-OH is 1. The summed E-state index contributed by atoms with van der Waals surface area (Å²) in [5.41, 5.74) is 1.95. The largest absolute Gasteiger partial charge is 0.396 e. The van der Waals surface area contributed by atoms with Gasteiger partial charge in [0, 0.05) is 22.7 Å².